The second-order valence-corrected chi connectivity index (χ2v) is 6.81. The van der Waals surface area contributed by atoms with Crippen molar-refractivity contribution < 1.29 is 9.47 Å². The number of nitrogens with zero attached hydrogens (tertiary/aromatic N) is 2. The standard InChI is InChI=1S/C19H40N4O2.HI/c1-4-6-13-24-15-16-25-14-10-22-19(20-5-2)21-9-12-23-11-7-8-18(3)17-23;/h18H,4-17H2,1-3H3,(H2,20,21,22);1H. The van der Waals surface area contributed by atoms with Gasteiger partial charge in [0.25, 0.3) is 0 Å². The molecule has 1 fully saturated rings. The Morgan fingerprint density at radius 1 is 1.12 bits per heavy atom. The van der Waals surface area contributed by atoms with Gasteiger partial charge in [-0.25, -0.2) is 0 Å². The summed E-state index contributed by atoms with van der Waals surface area (Å²) in [6.45, 7) is 15.4. The number of likely N-dealkylation sites (tertiary alicyclic amines) is 1. The van der Waals surface area contributed by atoms with E-state index in [9.17, 15) is 0 Å². The van der Waals surface area contributed by atoms with Crippen LogP contribution in [0.3, 0.4) is 0 Å². The minimum Gasteiger partial charge on any atom is -0.379 e. The molecule has 1 aliphatic heterocycles. The Kier molecular flexibility index (Phi) is 18.2. The summed E-state index contributed by atoms with van der Waals surface area (Å²) in [5.41, 5.74) is 0. The number of piperidine rings is 1. The van der Waals surface area contributed by atoms with Crippen LogP contribution in [0.5, 0.6) is 0 Å². The van der Waals surface area contributed by atoms with E-state index in [0.29, 0.717) is 19.8 Å². The fraction of sp³-hybridized carbons (Fsp3) is 0.947. The molecule has 1 atom stereocenters. The molecule has 0 spiro atoms. The highest BCUT2D eigenvalue weighted by atomic mass is 127. The molecule has 1 saturated heterocycles. The summed E-state index contributed by atoms with van der Waals surface area (Å²) < 4.78 is 11.0. The Morgan fingerprint density at radius 2 is 1.88 bits per heavy atom. The maximum atomic E-state index is 5.58. The van der Waals surface area contributed by atoms with Crippen molar-refractivity contribution in [3.05, 3.63) is 0 Å². The number of hydrogen-bond acceptors (Lipinski definition) is 4. The lowest BCUT2D eigenvalue weighted by atomic mass is 10.0. The van der Waals surface area contributed by atoms with Crippen LogP contribution in [0.4, 0.5) is 0 Å². The van der Waals surface area contributed by atoms with E-state index in [2.05, 4.69) is 41.3 Å². The molecule has 0 amide bonds. The van der Waals surface area contributed by atoms with Gasteiger partial charge in [-0.2, -0.15) is 0 Å². The average molecular weight is 484 g/mol. The third kappa shape index (κ3) is 14.0. The molecular weight excluding hydrogens is 443 g/mol. The first-order valence-corrected chi connectivity index (χ1v) is 10.2. The molecule has 0 aliphatic carbocycles. The fourth-order valence-electron chi connectivity index (χ4n) is 2.94. The highest BCUT2D eigenvalue weighted by molar-refractivity contribution is 14.0. The lowest BCUT2D eigenvalue weighted by Gasteiger charge is -2.30. The van der Waals surface area contributed by atoms with Gasteiger partial charge in [-0.05, 0) is 38.6 Å². The third-order valence-corrected chi connectivity index (χ3v) is 4.32. The number of rotatable bonds is 13. The second kappa shape index (κ2) is 18.3. The molecule has 7 heteroatoms. The van der Waals surface area contributed by atoms with Gasteiger partial charge in [-0.3, -0.25) is 4.99 Å². The van der Waals surface area contributed by atoms with E-state index in [1.165, 1.54) is 32.4 Å². The van der Waals surface area contributed by atoms with Crippen LogP contribution in [-0.2, 0) is 9.47 Å². The molecule has 0 saturated carbocycles. The summed E-state index contributed by atoms with van der Waals surface area (Å²) in [7, 11) is 0. The van der Waals surface area contributed by atoms with E-state index in [1.54, 1.807) is 0 Å². The molecular formula is C19H41IN4O2. The van der Waals surface area contributed by atoms with Gasteiger partial charge in [0.1, 0.15) is 0 Å². The predicted octanol–water partition coefficient (Wildman–Crippen LogP) is 2.72. The van der Waals surface area contributed by atoms with E-state index >= 15 is 0 Å². The summed E-state index contributed by atoms with van der Waals surface area (Å²) in [4.78, 5) is 7.20. The molecule has 0 radical (unpaired) electrons. The zero-order valence-corrected chi connectivity index (χ0v) is 19.4. The van der Waals surface area contributed by atoms with Gasteiger partial charge in [0.05, 0.1) is 26.4 Å². The van der Waals surface area contributed by atoms with Gasteiger partial charge in [0, 0.05) is 32.8 Å². The van der Waals surface area contributed by atoms with Crippen molar-refractivity contribution in [2.75, 3.05) is 65.7 Å². The van der Waals surface area contributed by atoms with Crippen LogP contribution < -0.4 is 10.6 Å². The largest absolute Gasteiger partial charge is 0.379 e. The molecule has 0 aromatic carbocycles. The van der Waals surface area contributed by atoms with Crippen LogP contribution in [0.15, 0.2) is 4.99 Å². The molecule has 0 aromatic heterocycles. The van der Waals surface area contributed by atoms with Gasteiger partial charge in [-0.15, -0.1) is 24.0 Å². The second-order valence-electron chi connectivity index (χ2n) is 6.81. The smallest absolute Gasteiger partial charge is 0.191 e. The number of halogens is 1. The zero-order chi connectivity index (χ0) is 18.2. The zero-order valence-electron chi connectivity index (χ0n) is 17.1. The van der Waals surface area contributed by atoms with Crippen LogP contribution in [0.25, 0.3) is 0 Å². The molecule has 156 valence electrons. The normalized spacial score (nSPS) is 18.4. The summed E-state index contributed by atoms with van der Waals surface area (Å²) in [6, 6.07) is 0. The van der Waals surface area contributed by atoms with Crippen LogP contribution in [-0.4, -0.2) is 76.6 Å². The van der Waals surface area contributed by atoms with Crippen LogP contribution in [0.2, 0.25) is 0 Å². The Balaban J connectivity index is 0.00000625. The molecule has 1 heterocycles. The van der Waals surface area contributed by atoms with Crippen molar-refractivity contribution >= 4 is 29.9 Å². The van der Waals surface area contributed by atoms with Crippen LogP contribution in [0.1, 0.15) is 46.5 Å². The van der Waals surface area contributed by atoms with Crippen molar-refractivity contribution in [1.29, 1.82) is 0 Å². The van der Waals surface area contributed by atoms with Gasteiger partial charge >= 0.3 is 0 Å². The minimum absolute atomic E-state index is 0. The first-order chi connectivity index (χ1) is 12.3. The number of guanidine groups is 1. The topological polar surface area (TPSA) is 58.1 Å². The van der Waals surface area contributed by atoms with Crippen molar-refractivity contribution in [2.24, 2.45) is 10.9 Å². The molecule has 1 aliphatic rings. The van der Waals surface area contributed by atoms with E-state index in [1.807, 2.05) is 0 Å². The summed E-state index contributed by atoms with van der Waals surface area (Å²) in [5, 5.41) is 6.63. The fourth-order valence-corrected chi connectivity index (χ4v) is 2.94. The quantitative estimate of drug-likeness (QED) is 0.182. The highest BCUT2D eigenvalue weighted by Gasteiger charge is 2.15. The molecule has 2 N–H and O–H groups in total. The Hall–Kier alpha value is -0.120. The molecule has 6 nitrogen and oxygen atoms in total. The van der Waals surface area contributed by atoms with Crippen molar-refractivity contribution in [3.63, 3.8) is 0 Å². The van der Waals surface area contributed by atoms with Crippen LogP contribution >= 0.6 is 24.0 Å². The minimum atomic E-state index is 0. The van der Waals surface area contributed by atoms with Gasteiger partial charge in [0.2, 0.25) is 0 Å². The number of unbranched alkanes of at least 4 members (excludes halogenated alkanes) is 1. The van der Waals surface area contributed by atoms with E-state index in [-0.39, 0.29) is 24.0 Å². The average Bonchev–Trinajstić information content (AvgIpc) is 2.60. The molecule has 1 rings (SSSR count). The maximum absolute atomic E-state index is 5.58. The summed E-state index contributed by atoms with van der Waals surface area (Å²) >= 11 is 0. The van der Waals surface area contributed by atoms with Gasteiger partial charge in [0.15, 0.2) is 5.96 Å². The maximum Gasteiger partial charge on any atom is 0.191 e. The number of nitrogens with one attached hydrogen (secondary N) is 2. The number of aliphatic imine (C=N–C) groups is 1. The first-order valence-electron chi connectivity index (χ1n) is 10.2. The predicted molar refractivity (Wildman–Crippen MR) is 121 cm³/mol. The van der Waals surface area contributed by atoms with E-state index < -0.39 is 0 Å². The first kappa shape index (κ1) is 25.9. The highest BCUT2D eigenvalue weighted by Crippen LogP contribution is 2.14. The Morgan fingerprint density at radius 3 is 2.58 bits per heavy atom. The third-order valence-electron chi connectivity index (χ3n) is 4.32. The van der Waals surface area contributed by atoms with Crippen molar-refractivity contribution in [1.82, 2.24) is 15.5 Å². The van der Waals surface area contributed by atoms with Gasteiger partial charge < -0.3 is 25.0 Å². The molecule has 26 heavy (non-hydrogen) atoms. The lowest BCUT2D eigenvalue weighted by Crippen LogP contribution is -2.40. The molecule has 0 bridgehead atoms. The Bertz CT molecular complexity index is 346. The summed E-state index contributed by atoms with van der Waals surface area (Å²) in [6.07, 6.45) is 4.99. The number of hydrogen-bond donors (Lipinski definition) is 2. The van der Waals surface area contributed by atoms with Crippen molar-refractivity contribution in [2.45, 2.75) is 46.5 Å². The number of ether oxygens (including phenoxy) is 2. The summed E-state index contributed by atoms with van der Waals surface area (Å²) in [5.74, 6) is 1.71. The van der Waals surface area contributed by atoms with Crippen LogP contribution in [0, 0.1) is 5.92 Å². The van der Waals surface area contributed by atoms with Crippen molar-refractivity contribution in [3.8, 4) is 0 Å². The SMILES string of the molecule is CCCCOCCOCCNC(=NCCN1CCCC(C)C1)NCC.I. The molecule has 1 unspecified atom stereocenters. The van der Waals surface area contributed by atoms with E-state index in [0.717, 1.165) is 51.1 Å². The van der Waals surface area contributed by atoms with E-state index in [4.69, 9.17) is 9.47 Å². The lowest BCUT2D eigenvalue weighted by molar-refractivity contribution is 0.0487. The monoisotopic (exact) mass is 484 g/mol. The Labute approximate surface area is 177 Å². The molecule has 0 aromatic rings. The van der Waals surface area contributed by atoms with Gasteiger partial charge in [-0.1, -0.05) is 20.3 Å².